The molecule has 19 heavy (non-hydrogen) atoms. The van der Waals surface area contributed by atoms with Gasteiger partial charge in [0.1, 0.15) is 11.4 Å². The molecule has 4 nitrogen and oxygen atoms in total. The van der Waals surface area contributed by atoms with Crippen LogP contribution < -0.4 is 5.73 Å². The molecule has 0 spiro atoms. The lowest BCUT2D eigenvalue weighted by molar-refractivity contribution is 0.0527. The maximum Gasteiger partial charge on any atom is 0.341 e. The van der Waals surface area contributed by atoms with Crippen LogP contribution in [0.15, 0.2) is 16.7 Å². The molecule has 0 saturated carbocycles. The van der Waals surface area contributed by atoms with E-state index < -0.39 is 11.8 Å². The number of carbonyl (C=O) groups is 1. The Hall–Kier alpha value is -1.69. The van der Waals surface area contributed by atoms with Gasteiger partial charge in [0, 0.05) is 11.6 Å². The highest BCUT2D eigenvalue weighted by atomic mass is 79.9. The van der Waals surface area contributed by atoms with Gasteiger partial charge in [0.25, 0.3) is 0 Å². The fourth-order valence-electron chi connectivity index (χ4n) is 1.86. The van der Waals surface area contributed by atoms with Gasteiger partial charge in [-0.25, -0.2) is 9.18 Å². The first-order chi connectivity index (χ1) is 8.97. The van der Waals surface area contributed by atoms with E-state index >= 15 is 0 Å². The zero-order chi connectivity index (χ0) is 14.2. The molecule has 0 saturated heterocycles. The van der Waals surface area contributed by atoms with Gasteiger partial charge in [-0.2, -0.15) is 0 Å². The second-order valence-corrected chi connectivity index (χ2v) is 4.81. The number of rotatable bonds is 2. The second kappa shape index (κ2) is 5.13. The van der Waals surface area contributed by atoms with Gasteiger partial charge in [-0.05, 0) is 41.4 Å². The van der Waals surface area contributed by atoms with Crippen molar-refractivity contribution in [1.29, 1.82) is 0 Å². The van der Waals surface area contributed by atoms with Crippen LogP contribution in [0.3, 0.4) is 0 Å². The highest BCUT2D eigenvalue weighted by molar-refractivity contribution is 9.10. The highest BCUT2D eigenvalue weighted by Gasteiger charge is 2.18. The highest BCUT2D eigenvalue weighted by Crippen LogP contribution is 2.34. The first kappa shape index (κ1) is 13.7. The SMILES string of the molecule is CCOC(=O)c1cnc2c(C)cc(F)c(Br)c2c1N. The lowest BCUT2D eigenvalue weighted by Gasteiger charge is -2.11. The van der Waals surface area contributed by atoms with Gasteiger partial charge < -0.3 is 10.5 Å². The maximum absolute atomic E-state index is 13.7. The quantitative estimate of drug-likeness (QED) is 0.860. The van der Waals surface area contributed by atoms with Gasteiger partial charge in [-0.15, -0.1) is 0 Å². The van der Waals surface area contributed by atoms with E-state index in [1.807, 2.05) is 0 Å². The fraction of sp³-hybridized carbons (Fsp3) is 0.231. The van der Waals surface area contributed by atoms with Gasteiger partial charge in [-0.1, -0.05) is 0 Å². The molecule has 1 heterocycles. The third-order valence-corrected chi connectivity index (χ3v) is 3.54. The first-order valence-corrected chi connectivity index (χ1v) is 6.46. The zero-order valence-electron chi connectivity index (χ0n) is 10.5. The molecule has 0 bridgehead atoms. The Morgan fingerprint density at radius 3 is 2.89 bits per heavy atom. The summed E-state index contributed by atoms with van der Waals surface area (Å²) in [7, 11) is 0. The van der Waals surface area contributed by atoms with Crippen LogP contribution in [-0.4, -0.2) is 17.6 Å². The first-order valence-electron chi connectivity index (χ1n) is 5.67. The zero-order valence-corrected chi connectivity index (χ0v) is 12.0. The van der Waals surface area contributed by atoms with Gasteiger partial charge in [0.05, 0.1) is 22.3 Å². The van der Waals surface area contributed by atoms with Crippen LogP contribution in [0.2, 0.25) is 0 Å². The number of nitrogens with two attached hydrogens (primary N) is 1. The summed E-state index contributed by atoms with van der Waals surface area (Å²) in [5, 5.41) is 0.392. The molecular weight excluding hydrogens is 315 g/mol. The van der Waals surface area contributed by atoms with Crippen molar-refractivity contribution in [1.82, 2.24) is 4.98 Å². The van der Waals surface area contributed by atoms with Crippen molar-refractivity contribution in [3.63, 3.8) is 0 Å². The van der Waals surface area contributed by atoms with Crippen LogP contribution in [0.1, 0.15) is 22.8 Å². The third kappa shape index (κ3) is 2.28. The van der Waals surface area contributed by atoms with Crippen LogP contribution >= 0.6 is 15.9 Å². The molecule has 0 amide bonds. The number of fused-ring (bicyclic) bond motifs is 1. The normalized spacial score (nSPS) is 10.7. The summed E-state index contributed by atoms with van der Waals surface area (Å²) in [6, 6.07) is 1.36. The molecule has 0 aliphatic heterocycles. The number of nitrogens with zero attached hydrogens (tertiary/aromatic N) is 1. The van der Waals surface area contributed by atoms with E-state index in [4.69, 9.17) is 10.5 Å². The lowest BCUT2D eigenvalue weighted by Crippen LogP contribution is -2.09. The molecule has 2 rings (SSSR count). The van der Waals surface area contributed by atoms with Crippen LogP contribution in [0, 0.1) is 12.7 Å². The summed E-state index contributed by atoms with van der Waals surface area (Å²) in [4.78, 5) is 15.9. The van der Waals surface area contributed by atoms with E-state index in [0.717, 1.165) is 0 Å². The molecule has 2 aromatic rings. The predicted molar refractivity (Wildman–Crippen MR) is 74.5 cm³/mol. The van der Waals surface area contributed by atoms with Crippen molar-refractivity contribution in [2.45, 2.75) is 13.8 Å². The van der Waals surface area contributed by atoms with Gasteiger partial charge in [-0.3, -0.25) is 4.98 Å². The minimum absolute atomic E-state index is 0.139. The van der Waals surface area contributed by atoms with Crippen molar-refractivity contribution in [3.8, 4) is 0 Å². The van der Waals surface area contributed by atoms with Crippen molar-refractivity contribution in [2.24, 2.45) is 0 Å². The van der Waals surface area contributed by atoms with Crippen molar-refractivity contribution < 1.29 is 13.9 Å². The summed E-state index contributed by atoms with van der Waals surface area (Å²) >= 11 is 3.14. The summed E-state index contributed by atoms with van der Waals surface area (Å²) in [5.41, 5.74) is 7.46. The van der Waals surface area contributed by atoms with Crippen LogP contribution in [0.25, 0.3) is 10.9 Å². The van der Waals surface area contributed by atoms with Gasteiger partial charge in [0.15, 0.2) is 0 Å². The molecule has 0 atom stereocenters. The fourth-order valence-corrected chi connectivity index (χ4v) is 2.38. The molecule has 0 aliphatic carbocycles. The number of aryl methyl sites for hydroxylation is 1. The summed E-state index contributed by atoms with van der Waals surface area (Å²) in [5.74, 6) is -1.01. The van der Waals surface area contributed by atoms with Gasteiger partial charge >= 0.3 is 5.97 Å². The molecule has 2 N–H and O–H groups in total. The molecule has 100 valence electrons. The van der Waals surface area contributed by atoms with E-state index in [-0.39, 0.29) is 22.3 Å². The Labute approximate surface area is 117 Å². The number of hydrogen-bond donors (Lipinski definition) is 1. The monoisotopic (exact) mass is 326 g/mol. The summed E-state index contributed by atoms with van der Waals surface area (Å²) in [6.45, 7) is 3.66. The maximum atomic E-state index is 13.7. The Morgan fingerprint density at radius 1 is 1.58 bits per heavy atom. The standard InChI is InChI=1S/C13H12BrFN2O2/c1-3-19-13(18)7-5-17-12-6(2)4-8(15)10(14)9(12)11(7)16/h4-5H,3H2,1-2H3,(H2,16,17). The van der Waals surface area contributed by atoms with E-state index in [2.05, 4.69) is 20.9 Å². The number of halogens is 2. The smallest absolute Gasteiger partial charge is 0.341 e. The Morgan fingerprint density at radius 2 is 2.26 bits per heavy atom. The topological polar surface area (TPSA) is 65.2 Å². The third-order valence-electron chi connectivity index (χ3n) is 2.76. The molecule has 1 aromatic carbocycles. The number of carbonyl (C=O) groups excluding carboxylic acids is 1. The molecule has 0 unspecified atom stereocenters. The average molecular weight is 327 g/mol. The Bertz CT molecular complexity index is 673. The Balaban J connectivity index is 2.77. The van der Waals surface area contributed by atoms with Gasteiger partial charge in [0.2, 0.25) is 0 Å². The Kier molecular flexibility index (Phi) is 3.71. The van der Waals surface area contributed by atoms with E-state index in [1.54, 1.807) is 13.8 Å². The molecule has 0 aliphatic rings. The summed E-state index contributed by atoms with van der Waals surface area (Å²) in [6.07, 6.45) is 1.35. The largest absolute Gasteiger partial charge is 0.462 e. The molecule has 0 fully saturated rings. The van der Waals surface area contributed by atoms with E-state index in [9.17, 15) is 9.18 Å². The van der Waals surface area contributed by atoms with E-state index in [0.29, 0.717) is 16.5 Å². The number of anilines is 1. The second-order valence-electron chi connectivity index (χ2n) is 4.02. The van der Waals surface area contributed by atoms with Crippen LogP contribution in [0.5, 0.6) is 0 Å². The number of esters is 1. The number of hydrogen-bond acceptors (Lipinski definition) is 4. The number of nitrogen functional groups attached to an aromatic ring is 1. The number of pyridine rings is 1. The minimum atomic E-state index is -0.566. The molecule has 6 heteroatoms. The number of aromatic nitrogens is 1. The molecule has 1 aromatic heterocycles. The number of benzene rings is 1. The van der Waals surface area contributed by atoms with E-state index in [1.165, 1.54) is 12.3 Å². The van der Waals surface area contributed by atoms with Crippen LogP contribution in [-0.2, 0) is 4.74 Å². The number of ether oxygens (including phenoxy) is 1. The minimum Gasteiger partial charge on any atom is -0.462 e. The molecular formula is C13H12BrFN2O2. The summed E-state index contributed by atoms with van der Waals surface area (Å²) < 4.78 is 18.8. The van der Waals surface area contributed by atoms with Crippen molar-refractivity contribution >= 4 is 38.5 Å². The van der Waals surface area contributed by atoms with Crippen molar-refractivity contribution in [3.05, 3.63) is 33.7 Å². The molecule has 0 radical (unpaired) electrons. The lowest BCUT2D eigenvalue weighted by atomic mass is 10.1. The average Bonchev–Trinajstić information content (AvgIpc) is 2.36. The van der Waals surface area contributed by atoms with Crippen LogP contribution in [0.4, 0.5) is 10.1 Å². The predicted octanol–water partition coefficient (Wildman–Crippen LogP) is 3.20. The van der Waals surface area contributed by atoms with Crippen molar-refractivity contribution in [2.75, 3.05) is 12.3 Å².